The first-order valence-corrected chi connectivity index (χ1v) is 4.77. The Morgan fingerprint density at radius 2 is 2.33 bits per heavy atom. The smallest absolute Gasteiger partial charge is 0.323 e. The SMILES string of the molecule is CCN1CCN(c2ccnc(F)n2)C1=O. The number of hydrogen-bond donors (Lipinski definition) is 0. The van der Waals surface area contributed by atoms with E-state index in [-0.39, 0.29) is 6.03 Å². The van der Waals surface area contributed by atoms with Gasteiger partial charge in [0, 0.05) is 25.8 Å². The molecule has 0 aromatic carbocycles. The van der Waals surface area contributed by atoms with E-state index in [4.69, 9.17) is 0 Å². The Bertz CT molecular complexity index is 384. The van der Waals surface area contributed by atoms with Gasteiger partial charge in [0.05, 0.1) is 0 Å². The van der Waals surface area contributed by atoms with Crippen molar-refractivity contribution in [3.8, 4) is 0 Å². The number of nitrogens with zero attached hydrogens (tertiary/aromatic N) is 4. The van der Waals surface area contributed by atoms with E-state index in [0.29, 0.717) is 25.5 Å². The molecule has 1 saturated heterocycles. The summed E-state index contributed by atoms with van der Waals surface area (Å²) in [5.41, 5.74) is 0. The summed E-state index contributed by atoms with van der Waals surface area (Å²) in [6.07, 6.45) is 0.495. The molecule has 80 valence electrons. The maximum atomic E-state index is 12.8. The van der Waals surface area contributed by atoms with Crippen LogP contribution in [0.3, 0.4) is 0 Å². The third-order valence-corrected chi connectivity index (χ3v) is 2.36. The second kappa shape index (κ2) is 3.80. The van der Waals surface area contributed by atoms with Crippen LogP contribution in [0.4, 0.5) is 15.0 Å². The van der Waals surface area contributed by atoms with Gasteiger partial charge in [0.2, 0.25) is 0 Å². The van der Waals surface area contributed by atoms with Crippen molar-refractivity contribution in [2.75, 3.05) is 24.5 Å². The molecule has 2 rings (SSSR count). The first kappa shape index (κ1) is 9.82. The molecule has 1 fully saturated rings. The minimum Gasteiger partial charge on any atom is -0.323 e. The van der Waals surface area contributed by atoms with Gasteiger partial charge in [-0.05, 0) is 13.0 Å². The summed E-state index contributed by atoms with van der Waals surface area (Å²) < 4.78 is 12.8. The molecule has 0 unspecified atom stereocenters. The second-order valence-electron chi connectivity index (χ2n) is 3.20. The number of amides is 2. The molecular formula is C9H11FN4O. The number of urea groups is 1. The van der Waals surface area contributed by atoms with E-state index in [1.54, 1.807) is 4.90 Å². The molecular weight excluding hydrogens is 199 g/mol. The number of anilines is 1. The summed E-state index contributed by atoms with van der Waals surface area (Å²) in [6.45, 7) is 3.76. The second-order valence-corrected chi connectivity index (χ2v) is 3.20. The van der Waals surface area contributed by atoms with Crippen molar-refractivity contribution < 1.29 is 9.18 Å². The van der Waals surface area contributed by atoms with Gasteiger partial charge in [-0.1, -0.05) is 0 Å². The lowest BCUT2D eigenvalue weighted by Crippen LogP contribution is -2.32. The van der Waals surface area contributed by atoms with Gasteiger partial charge >= 0.3 is 12.1 Å². The molecule has 0 spiro atoms. The van der Waals surface area contributed by atoms with Gasteiger partial charge in [0.1, 0.15) is 5.82 Å². The number of halogens is 1. The molecule has 0 aliphatic carbocycles. The van der Waals surface area contributed by atoms with Crippen LogP contribution >= 0.6 is 0 Å². The predicted octanol–water partition coefficient (Wildman–Crippen LogP) is 0.878. The fraction of sp³-hybridized carbons (Fsp3) is 0.444. The van der Waals surface area contributed by atoms with Crippen molar-refractivity contribution in [2.24, 2.45) is 0 Å². The van der Waals surface area contributed by atoms with E-state index in [0.717, 1.165) is 0 Å². The number of hydrogen-bond acceptors (Lipinski definition) is 3. The highest BCUT2D eigenvalue weighted by atomic mass is 19.1. The number of carbonyl (C=O) groups excluding carboxylic acids is 1. The van der Waals surface area contributed by atoms with Crippen molar-refractivity contribution in [3.63, 3.8) is 0 Å². The van der Waals surface area contributed by atoms with Crippen LogP contribution in [0.5, 0.6) is 0 Å². The first-order chi connectivity index (χ1) is 7.22. The highest BCUT2D eigenvalue weighted by Gasteiger charge is 2.29. The van der Waals surface area contributed by atoms with Crippen molar-refractivity contribution in [2.45, 2.75) is 6.92 Å². The van der Waals surface area contributed by atoms with E-state index in [9.17, 15) is 9.18 Å². The Morgan fingerprint density at radius 1 is 1.53 bits per heavy atom. The Balaban J connectivity index is 2.22. The minimum absolute atomic E-state index is 0.129. The summed E-state index contributed by atoms with van der Waals surface area (Å²) in [5.74, 6) is 0.323. The monoisotopic (exact) mass is 210 g/mol. The molecule has 0 atom stereocenters. The van der Waals surface area contributed by atoms with Crippen LogP contribution in [0.15, 0.2) is 12.3 Å². The normalized spacial score (nSPS) is 16.3. The lowest BCUT2D eigenvalue weighted by Gasteiger charge is -2.15. The Labute approximate surface area is 86.5 Å². The quantitative estimate of drug-likeness (QED) is 0.681. The van der Waals surface area contributed by atoms with E-state index >= 15 is 0 Å². The van der Waals surface area contributed by atoms with Gasteiger partial charge in [0.15, 0.2) is 0 Å². The van der Waals surface area contributed by atoms with E-state index < -0.39 is 6.08 Å². The van der Waals surface area contributed by atoms with Crippen molar-refractivity contribution in [1.82, 2.24) is 14.9 Å². The summed E-state index contributed by atoms with van der Waals surface area (Å²) in [7, 11) is 0. The Kier molecular flexibility index (Phi) is 2.49. The molecule has 6 heteroatoms. The molecule has 0 bridgehead atoms. The molecule has 1 aliphatic heterocycles. The van der Waals surface area contributed by atoms with Crippen molar-refractivity contribution in [3.05, 3.63) is 18.3 Å². The number of aromatic nitrogens is 2. The van der Waals surface area contributed by atoms with Gasteiger partial charge in [-0.25, -0.2) is 9.78 Å². The molecule has 0 saturated carbocycles. The van der Waals surface area contributed by atoms with Gasteiger partial charge < -0.3 is 4.90 Å². The third-order valence-electron chi connectivity index (χ3n) is 2.36. The molecule has 1 aromatic rings. The average Bonchev–Trinajstić information content (AvgIpc) is 2.59. The predicted molar refractivity (Wildman–Crippen MR) is 52.0 cm³/mol. The number of likely N-dealkylation sites (N-methyl/N-ethyl adjacent to an activating group) is 1. The Morgan fingerprint density at radius 3 is 2.93 bits per heavy atom. The van der Waals surface area contributed by atoms with Gasteiger partial charge in [0.25, 0.3) is 0 Å². The van der Waals surface area contributed by atoms with Crippen LogP contribution in [0.1, 0.15) is 6.92 Å². The van der Waals surface area contributed by atoms with Gasteiger partial charge in [-0.15, -0.1) is 0 Å². The molecule has 1 aromatic heterocycles. The summed E-state index contributed by atoms with van der Waals surface area (Å²) in [5, 5.41) is 0. The fourth-order valence-electron chi connectivity index (χ4n) is 1.57. The highest BCUT2D eigenvalue weighted by molar-refractivity contribution is 5.93. The zero-order valence-corrected chi connectivity index (χ0v) is 8.35. The maximum Gasteiger partial charge on any atom is 0.325 e. The number of carbonyl (C=O) groups is 1. The highest BCUT2D eigenvalue weighted by Crippen LogP contribution is 2.16. The van der Waals surface area contributed by atoms with Crippen LogP contribution in [0.25, 0.3) is 0 Å². The zero-order valence-electron chi connectivity index (χ0n) is 8.35. The molecule has 0 N–H and O–H groups in total. The first-order valence-electron chi connectivity index (χ1n) is 4.77. The summed E-state index contributed by atoms with van der Waals surface area (Å²) >= 11 is 0. The molecule has 5 nitrogen and oxygen atoms in total. The van der Waals surface area contributed by atoms with Gasteiger partial charge in [-0.3, -0.25) is 4.90 Å². The largest absolute Gasteiger partial charge is 0.325 e. The van der Waals surface area contributed by atoms with Gasteiger partial charge in [-0.2, -0.15) is 9.37 Å². The molecule has 2 amide bonds. The van der Waals surface area contributed by atoms with Crippen LogP contribution in [-0.4, -0.2) is 40.5 Å². The minimum atomic E-state index is -0.810. The van der Waals surface area contributed by atoms with Crippen LogP contribution in [0.2, 0.25) is 0 Å². The van der Waals surface area contributed by atoms with E-state index in [2.05, 4.69) is 9.97 Å². The molecule has 15 heavy (non-hydrogen) atoms. The van der Waals surface area contributed by atoms with Crippen LogP contribution in [-0.2, 0) is 0 Å². The third kappa shape index (κ3) is 1.74. The van der Waals surface area contributed by atoms with Crippen molar-refractivity contribution >= 4 is 11.8 Å². The fourth-order valence-corrected chi connectivity index (χ4v) is 1.57. The summed E-state index contributed by atoms with van der Waals surface area (Å²) in [6, 6.07) is 1.40. The maximum absolute atomic E-state index is 12.8. The zero-order chi connectivity index (χ0) is 10.8. The number of rotatable bonds is 2. The van der Waals surface area contributed by atoms with Crippen LogP contribution < -0.4 is 4.90 Å². The lowest BCUT2D eigenvalue weighted by molar-refractivity contribution is 0.223. The van der Waals surface area contributed by atoms with Crippen molar-refractivity contribution in [1.29, 1.82) is 0 Å². The van der Waals surface area contributed by atoms with Crippen LogP contribution in [0, 0.1) is 6.08 Å². The molecule has 2 heterocycles. The standard InChI is InChI=1S/C9H11FN4O/c1-2-13-5-6-14(9(13)15)7-3-4-11-8(10)12-7/h3-4H,2,5-6H2,1H3. The molecule has 0 radical (unpaired) electrons. The van der Waals surface area contributed by atoms with E-state index in [1.807, 2.05) is 6.92 Å². The Hall–Kier alpha value is -1.72. The topological polar surface area (TPSA) is 49.3 Å². The summed E-state index contributed by atoms with van der Waals surface area (Å²) in [4.78, 5) is 21.8. The lowest BCUT2D eigenvalue weighted by atomic mass is 10.5. The average molecular weight is 210 g/mol. The van der Waals surface area contributed by atoms with E-state index in [1.165, 1.54) is 17.2 Å². The molecule has 1 aliphatic rings.